The molecule has 7 heteroatoms. The molecule has 162 valence electrons. The molecule has 0 saturated heterocycles. The molecular weight excluding hydrogens is 440 g/mol. The highest BCUT2D eigenvalue weighted by Crippen LogP contribution is 2.22. The van der Waals surface area contributed by atoms with E-state index in [-0.39, 0.29) is 11.9 Å². The zero-order valence-corrected chi connectivity index (χ0v) is 19.4. The maximum atomic E-state index is 12.9. The van der Waals surface area contributed by atoms with Crippen LogP contribution in [0.15, 0.2) is 77.8 Å². The molecule has 0 fully saturated rings. The summed E-state index contributed by atoms with van der Waals surface area (Å²) in [6, 6.07) is 22.9. The van der Waals surface area contributed by atoms with Crippen LogP contribution < -0.4 is 4.80 Å². The van der Waals surface area contributed by atoms with Gasteiger partial charge >= 0.3 is 5.97 Å². The van der Waals surface area contributed by atoms with Crippen LogP contribution in [0.3, 0.4) is 0 Å². The maximum Gasteiger partial charge on any atom is 0.337 e. The summed E-state index contributed by atoms with van der Waals surface area (Å²) in [5.74, 6) is 0.212. The zero-order chi connectivity index (χ0) is 22.5. The fourth-order valence-electron chi connectivity index (χ4n) is 3.39. The third-order valence-corrected chi connectivity index (χ3v) is 6.69. The van der Waals surface area contributed by atoms with Crippen LogP contribution in [0.4, 0.5) is 0 Å². The van der Waals surface area contributed by atoms with Crippen LogP contribution in [-0.4, -0.2) is 35.6 Å². The Bertz CT molecular complexity index is 1320. The lowest BCUT2D eigenvalue weighted by molar-refractivity contribution is 0.0601. The third-order valence-electron chi connectivity index (χ3n) is 5.06. The Hall–Kier alpha value is -3.16. The van der Waals surface area contributed by atoms with E-state index < -0.39 is 0 Å². The highest BCUT2D eigenvalue weighted by atomic mass is 32.2. The number of ether oxygens (including phenoxy) is 1. The molecule has 0 aliphatic carbocycles. The SMILES string of the molecule is COC(=O)c1ccc2c(c1)sc(=NC(=O)c1ccc(-c3ccccc3)cc1)n2CCSC. The average molecular weight is 463 g/mol. The molecule has 0 unspecified atom stereocenters. The maximum absolute atomic E-state index is 12.9. The number of hydrogen-bond acceptors (Lipinski definition) is 5. The number of benzene rings is 3. The van der Waals surface area contributed by atoms with E-state index in [0.717, 1.165) is 33.6 Å². The van der Waals surface area contributed by atoms with E-state index >= 15 is 0 Å². The van der Waals surface area contributed by atoms with Gasteiger partial charge in [-0.1, -0.05) is 53.8 Å². The summed E-state index contributed by atoms with van der Waals surface area (Å²) in [5.41, 5.74) is 4.11. The van der Waals surface area contributed by atoms with Gasteiger partial charge < -0.3 is 9.30 Å². The van der Waals surface area contributed by atoms with Gasteiger partial charge in [-0.2, -0.15) is 16.8 Å². The zero-order valence-electron chi connectivity index (χ0n) is 17.8. The molecule has 32 heavy (non-hydrogen) atoms. The number of carbonyl (C=O) groups excluding carboxylic acids is 2. The summed E-state index contributed by atoms with van der Waals surface area (Å²) in [7, 11) is 1.36. The van der Waals surface area contributed by atoms with Gasteiger partial charge in [-0.25, -0.2) is 4.79 Å². The minimum Gasteiger partial charge on any atom is -0.465 e. The van der Waals surface area contributed by atoms with Crippen molar-refractivity contribution < 1.29 is 14.3 Å². The number of amides is 1. The lowest BCUT2D eigenvalue weighted by Gasteiger charge is -2.05. The van der Waals surface area contributed by atoms with Gasteiger partial charge in [-0.3, -0.25) is 4.79 Å². The Morgan fingerprint density at radius 3 is 2.34 bits per heavy atom. The van der Waals surface area contributed by atoms with Crippen molar-refractivity contribution in [3.05, 3.63) is 88.7 Å². The number of hydrogen-bond donors (Lipinski definition) is 0. The topological polar surface area (TPSA) is 60.7 Å². The highest BCUT2D eigenvalue weighted by Gasteiger charge is 2.13. The van der Waals surface area contributed by atoms with Gasteiger partial charge in [-0.05, 0) is 47.7 Å². The molecule has 0 aliphatic heterocycles. The molecule has 5 nitrogen and oxygen atoms in total. The first-order valence-corrected chi connectivity index (χ1v) is 12.3. The summed E-state index contributed by atoms with van der Waals surface area (Å²) in [6.07, 6.45) is 2.04. The van der Waals surface area contributed by atoms with Gasteiger partial charge in [0.25, 0.3) is 5.91 Å². The molecule has 0 aliphatic rings. The van der Waals surface area contributed by atoms with E-state index in [1.54, 1.807) is 23.9 Å². The highest BCUT2D eigenvalue weighted by molar-refractivity contribution is 7.98. The fourth-order valence-corrected chi connectivity index (χ4v) is 4.85. The summed E-state index contributed by atoms with van der Waals surface area (Å²) >= 11 is 3.12. The van der Waals surface area contributed by atoms with Crippen LogP contribution in [0.1, 0.15) is 20.7 Å². The van der Waals surface area contributed by atoms with E-state index in [1.807, 2.05) is 71.5 Å². The summed E-state index contributed by atoms with van der Waals surface area (Å²) in [5, 5.41) is 0. The number of nitrogens with zero attached hydrogens (tertiary/aromatic N) is 2. The number of carbonyl (C=O) groups is 2. The third kappa shape index (κ3) is 4.69. The Morgan fingerprint density at radius 1 is 0.969 bits per heavy atom. The number of fused-ring (bicyclic) bond motifs is 1. The van der Waals surface area contributed by atoms with Crippen LogP contribution in [0.5, 0.6) is 0 Å². The minimum absolute atomic E-state index is 0.290. The number of rotatable bonds is 6. The Morgan fingerprint density at radius 2 is 1.66 bits per heavy atom. The first-order chi connectivity index (χ1) is 15.6. The van der Waals surface area contributed by atoms with Crippen molar-refractivity contribution in [2.24, 2.45) is 4.99 Å². The van der Waals surface area contributed by atoms with E-state index in [4.69, 9.17) is 4.74 Å². The van der Waals surface area contributed by atoms with Crippen molar-refractivity contribution in [2.45, 2.75) is 6.54 Å². The van der Waals surface area contributed by atoms with Crippen molar-refractivity contribution in [3.8, 4) is 11.1 Å². The van der Waals surface area contributed by atoms with E-state index in [1.165, 1.54) is 18.4 Å². The molecule has 1 amide bonds. The fraction of sp³-hybridized carbons (Fsp3) is 0.160. The lowest BCUT2D eigenvalue weighted by atomic mass is 10.0. The molecule has 4 aromatic rings. The molecule has 0 atom stereocenters. The number of thiazole rings is 1. The molecule has 0 bridgehead atoms. The van der Waals surface area contributed by atoms with E-state index in [9.17, 15) is 9.59 Å². The molecule has 0 N–H and O–H groups in total. The first kappa shape index (κ1) is 22.0. The van der Waals surface area contributed by atoms with Crippen molar-refractivity contribution in [3.63, 3.8) is 0 Å². The molecule has 3 aromatic carbocycles. The predicted octanol–water partition coefficient (Wildman–Crippen LogP) is 5.26. The van der Waals surface area contributed by atoms with E-state index in [0.29, 0.717) is 15.9 Å². The standard InChI is InChI=1S/C25H22N2O3S2/c1-30-24(29)20-12-13-21-22(16-20)32-25(27(21)14-15-31-2)26-23(28)19-10-8-18(9-11-19)17-6-4-3-5-7-17/h3-13,16H,14-15H2,1-2H3. The van der Waals surface area contributed by atoms with Crippen LogP contribution in [0.2, 0.25) is 0 Å². The average Bonchev–Trinajstić information content (AvgIpc) is 3.18. The van der Waals surface area contributed by atoms with E-state index in [2.05, 4.69) is 4.99 Å². The predicted molar refractivity (Wildman–Crippen MR) is 131 cm³/mol. The molecule has 1 heterocycles. The quantitative estimate of drug-likeness (QED) is 0.367. The summed E-state index contributed by atoms with van der Waals surface area (Å²) in [4.78, 5) is 29.9. The molecule has 4 rings (SSSR count). The second-order valence-electron chi connectivity index (χ2n) is 7.06. The number of esters is 1. The van der Waals surface area contributed by atoms with Crippen molar-refractivity contribution >= 4 is 45.2 Å². The van der Waals surface area contributed by atoms with Gasteiger partial charge in [0.15, 0.2) is 4.80 Å². The Kier molecular flexibility index (Phi) is 6.87. The summed E-state index contributed by atoms with van der Waals surface area (Å²) < 4.78 is 7.75. The van der Waals surface area contributed by atoms with Gasteiger partial charge in [0, 0.05) is 17.9 Å². The Labute approximate surface area is 194 Å². The second-order valence-corrected chi connectivity index (χ2v) is 9.06. The number of aromatic nitrogens is 1. The second kappa shape index (κ2) is 9.97. The molecular formula is C25H22N2O3S2. The van der Waals surface area contributed by atoms with Crippen LogP contribution in [-0.2, 0) is 11.3 Å². The number of thioether (sulfide) groups is 1. The van der Waals surface area contributed by atoms with Gasteiger partial charge in [0.2, 0.25) is 0 Å². The van der Waals surface area contributed by atoms with Crippen molar-refractivity contribution in [2.75, 3.05) is 19.1 Å². The van der Waals surface area contributed by atoms with Crippen LogP contribution in [0, 0.1) is 0 Å². The van der Waals surface area contributed by atoms with Gasteiger partial charge in [0.1, 0.15) is 0 Å². The van der Waals surface area contributed by atoms with Crippen molar-refractivity contribution in [1.29, 1.82) is 0 Å². The van der Waals surface area contributed by atoms with Crippen molar-refractivity contribution in [1.82, 2.24) is 4.57 Å². The van der Waals surface area contributed by atoms with Gasteiger partial charge in [-0.15, -0.1) is 0 Å². The Balaban J connectivity index is 1.71. The van der Waals surface area contributed by atoms with Crippen LogP contribution >= 0.6 is 23.1 Å². The molecule has 0 spiro atoms. The number of aryl methyl sites for hydroxylation is 1. The lowest BCUT2D eigenvalue weighted by Crippen LogP contribution is -2.18. The first-order valence-electron chi connectivity index (χ1n) is 10.1. The minimum atomic E-state index is -0.385. The largest absolute Gasteiger partial charge is 0.465 e. The van der Waals surface area contributed by atoms with Crippen LogP contribution in [0.25, 0.3) is 21.3 Å². The number of methoxy groups -OCH3 is 1. The molecule has 1 aromatic heterocycles. The molecule has 0 saturated carbocycles. The normalized spacial score (nSPS) is 11.6. The molecule has 0 radical (unpaired) electrons. The monoisotopic (exact) mass is 462 g/mol. The van der Waals surface area contributed by atoms with Gasteiger partial charge in [0.05, 0.1) is 22.9 Å². The smallest absolute Gasteiger partial charge is 0.337 e. The summed E-state index contributed by atoms with van der Waals surface area (Å²) in [6.45, 7) is 0.720.